The second kappa shape index (κ2) is 11.7. The highest BCUT2D eigenvalue weighted by Crippen LogP contribution is 2.29. The molecule has 4 N–H and O–H groups in total. The number of aromatic hydroxyl groups is 2. The molecule has 0 aliphatic carbocycles. The Balaban J connectivity index is 1.56. The lowest BCUT2D eigenvalue weighted by Crippen LogP contribution is -2.46. The van der Waals surface area contributed by atoms with E-state index in [4.69, 9.17) is 4.74 Å². The number of rotatable bonds is 11. The predicted octanol–water partition coefficient (Wildman–Crippen LogP) is 2.77. The number of aliphatic hydroxyl groups excluding tert-OH is 1. The van der Waals surface area contributed by atoms with Crippen LogP contribution >= 0.6 is 0 Å². The summed E-state index contributed by atoms with van der Waals surface area (Å²) in [7, 11) is 1.56. The average molecular weight is 457 g/mol. The van der Waals surface area contributed by atoms with Gasteiger partial charge >= 0.3 is 0 Å². The van der Waals surface area contributed by atoms with Crippen molar-refractivity contribution in [3.63, 3.8) is 0 Å². The maximum atomic E-state index is 12.6. The molecule has 0 radical (unpaired) electrons. The molecule has 2 atom stereocenters. The molecule has 0 bridgehead atoms. The number of carbonyl (C=O) groups is 2. The highest BCUT2D eigenvalue weighted by atomic mass is 16.5. The van der Waals surface area contributed by atoms with Gasteiger partial charge in [-0.3, -0.25) is 9.59 Å². The monoisotopic (exact) mass is 456 g/mol. The zero-order chi connectivity index (χ0) is 23.8. The number of benzene rings is 2. The number of hydrogen-bond donors (Lipinski definition) is 4. The Kier molecular flexibility index (Phi) is 8.68. The van der Waals surface area contributed by atoms with Gasteiger partial charge < -0.3 is 30.3 Å². The van der Waals surface area contributed by atoms with Gasteiger partial charge in [0.25, 0.3) is 0 Å². The van der Waals surface area contributed by atoms with Crippen LogP contribution in [0.25, 0.3) is 0 Å². The highest BCUT2D eigenvalue weighted by Gasteiger charge is 2.27. The largest absolute Gasteiger partial charge is 0.504 e. The van der Waals surface area contributed by atoms with E-state index >= 15 is 0 Å². The highest BCUT2D eigenvalue weighted by molar-refractivity contribution is 5.96. The van der Waals surface area contributed by atoms with Crippen molar-refractivity contribution in [3.05, 3.63) is 53.6 Å². The number of carbonyl (C=O) groups excluding carboxylic acids is 2. The minimum absolute atomic E-state index is 0.0429. The fraction of sp³-hybridized carbons (Fsp3) is 0.440. The van der Waals surface area contributed by atoms with Gasteiger partial charge in [0.05, 0.1) is 13.2 Å². The first-order valence-corrected chi connectivity index (χ1v) is 11.3. The number of methoxy groups -OCH3 is 1. The third kappa shape index (κ3) is 6.94. The van der Waals surface area contributed by atoms with E-state index in [0.717, 1.165) is 25.9 Å². The number of Topliss-reactive ketones (excluding diaryl/α,β-unsaturated/α-hetero) is 1. The van der Waals surface area contributed by atoms with Crippen LogP contribution in [0.15, 0.2) is 42.5 Å². The van der Waals surface area contributed by atoms with Gasteiger partial charge in [-0.25, -0.2) is 0 Å². The third-order valence-corrected chi connectivity index (χ3v) is 5.94. The molecule has 0 aromatic heterocycles. The van der Waals surface area contributed by atoms with Gasteiger partial charge in [0.1, 0.15) is 11.9 Å². The first-order valence-electron chi connectivity index (χ1n) is 11.3. The smallest absolute Gasteiger partial charge is 0.220 e. The summed E-state index contributed by atoms with van der Waals surface area (Å²) in [4.78, 5) is 27.2. The molecule has 1 aliphatic rings. The maximum Gasteiger partial charge on any atom is 0.220 e. The number of ether oxygens (including phenoxy) is 1. The van der Waals surface area contributed by atoms with Crippen molar-refractivity contribution < 1.29 is 29.6 Å². The Morgan fingerprint density at radius 2 is 1.73 bits per heavy atom. The van der Waals surface area contributed by atoms with Crippen molar-refractivity contribution in [1.29, 1.82) is 0 Å². The van der Waals surface area contributed by atoms with Crippen LogP contribution in [0.3, 0.4) is 0 Å². The van der Waals surface area contributed by atoms with Crippen molar-refractivity contribution >= 4 is 11.7 Å². The maximum absolute atomic E-state index is 12.6. The third-order valence-electron chi connectivity index (χ3n) is 5.94. The van der Waals surface area contributed by atoms with E-state index in [1.807, 2.05) is 0 Å². The van der Waals surface area contributed by atoms with Crippen molar-refractivity contribution in [3.8, 4) is 17.2 Å². The summed E-state index contributed by atoms with van der Waals surface area (Å²) in [5.41, 5.74) is 0.982. The van der Waals surface area contributed by atoms with E-state index in [0.29, 0.717) is 29.8 Å². The summed E-state index contributed by atoms with van der Waals surface area (Å²) >= 11 is 0. The molecule has 33 heavy (non-hydrogen) atoms. The standard InChI is InChI=1S/C25H32N2O6/c1-33-19-10-7-17(8-11-19)21(28)5-4-6-24(31)26-20(16-27-13-2-3-14-27)25(32)18-9-12-22(29)23(30)15-18/h7-12,15,20,25,29-30,32H,2-6,13-14,16H2,1H3,(H,26,31)/t20-,25-/m1/s1. The lowest BCUT2D eigenvalue weighted by atomic mass is 10.0. The van der Waals surface area contributed by atoms with E-state index in [9.17, 15) is 24.9 Å². The normalized spacial score (nSPS) is 15.7. The summed E-state index contributed by atoms with van der Waals surface area (Å²) in [6.07, 6.45) is 1.89. The fourth-order valence-corrected chi connectivity index (χ4v) is 4.03. The average Bonchev–Trinajstić information content (AvgIpc) is 3.33. The number of amides is 1. The summed E-state index contributed by atoms with van der Waals surface area (Å²) in [6, 6.07) is 10.4. The van der Waals surface area contributed by atoms with Crippen LogP contribution in [0.2, 0.25) is 0 Å². The van der Waals surface area contributed by atoms with Gasteiger partial charge in [-0.2, -0.15) is 0 Å². The van der Waals surface area contributed by atoms with Gasteiger partial charge in [-0.05, 0) is 74.3 Å². The number of hydrogen-bond acceptors (Lipinski definition) is 7. The van der Waals surface area contributed by atoms with Crippen LogP contribution < -0.4 is 10.1 Å². The second-order valence-electron chi connectivity index (χ2n) is 8.38. The van der Waals surface area contributed by atoms with E-state index in [1.54, 1.807) is 31.4 Å². The van der Waals surface area contributed by atoms with Gasteiger partial charge in [-0.1, -0.05) is 6.07 Å². The zero-order valence-electron chi connectivity index (χ0n) is 18.9. The number of phenolic OH excluding ortho intramolecular Hbond substituents is 2. The Morgan fingerprint density at radius 3 is 2.36 bits per heavy atom. The number of likely N-dealkylation sites (tertiary alicyclic amines) is 1. The lowest BCUT2D eigenvalue weighted by molar-refractivity contribution is -0.123. The number of nitrogens with zero attached hydrogens (tertiary/aromatic N) is 1. The molecule has 8 nitrogen and oxygen atoms in total. The Hall–Kier alpha value is -3.10. The number of phenols is 2. The minimum Gasteiger partial charge on any atom is -0.504 e. The fourth-order valence-electron chi connectivity index (χ4n) is 4.03. The van der Waals surface area contributed by atoms with Crippen LogP contribution in [0.5, 0.6) is 17.2 Å². The van der Waals surface area contributed by atoms with E-state index in [-0.39, 0.29) is 36.0 Å². The minimum atomic E-state index is -1.05. The predicted molar refractivity (Wildman–Crippen MR) is 124 cm³/mol. The Morgan fingerprint density at radius 1 is 1.03 bits per heavy atom. The van der Waals surface area contributed by atoms with Gasteiger partial charge in [0.2, 0.25) is 5.91 Å². The molecule has 0 unspecified atom stereocenters. The molecule has 1 aliphatic heterocycles. The molecule has 1 saturated heterocycles. The summed E-state index contributed by atoms with van der Waals surface area (Å²) in [5, 5.41) is 33.2. The molecular weight excluding hydrogens is 424 g/mol. The summed E-state index contributed by atoms with van der Waals surface area (Å²) in [6.45, 7) is 2.27. The topological polar surface area (TPSA) is 119 Å². The molecule has 1 amide bonds. The number of nitrogens with one attached hydrogen (secondary N) is 1. The molecule has 2 aromatic carbocycles. The summed E-state index contributed by atoms with van der Waals surface area (Å²) < 4.78 is 5.10. The number of aliphatic hydroxyl groups is 1. The van der Waals surface area contributed by atoms with Gasteiger partial charge in [0, 0.05) is 24.9 Å². The van der Waals surface area contributed by atoms with Crippen molar-refractivity contribution in [2.24, 2.45) is 0 Å². The van der Waals surface area contributed by atoms with Crippen LogP contribution in [0.1, 0.15) is 54.1 Å². The molecule has 2 aromatic rings. The quantitative estimate of drug-likeness (QED) is 0.303. The molecule has 8 heteroatoms. The molecule has 0 saturated carbocycles. The number of ketones is 1. The molecule has 1 fully saturated rings. The van der Waals surface area contributed by atoms with Crippen LogP contribution in [0, 0.1) is 0 Å². The SMILES string of the molecule is COc1ccc(C(=O)CCCC(=O)N[C@H](CN2CCCC2)[C@H](O)c2ccc(O)c(O)c2)cc1. The van der Waals surface area contributed by atoms with Crippen molar-refractivity contribution in [2.75, 3.05) is 26.7 Å². The first-order chi connectivity index (χ1) is 15.9. The Labute approximate surface area is 193 Å². The summed E-state index contributed by atoms with van der Waals surface area (Å²) in [5.74, 6) is -0.208. The zero-order valence-corrected chi connectivity index (χ0v) is 18.9. The van der Waals surface area contributed by atoms with Crippen molar-refractivity contribution in [1.82, 2.24) is 10.2 Å². The van der Waals surface area contributed by atoms with Gasteiger partial charge in [0.15, 0.2) is 17.3 Å². The molecule has 3 rings (SSSR count). The van der Waals surface area contributed by atoms with E-state index in [1.165, 1.54) is 18.2 Å². The van der Waals surface area contributed by atoms with Crippen LogP contribution in [-0.4, -0.2) is 64.7 Å². The Bertz CT molecular complexity index is 940. The molecule has 178 valence electrons. The lowest BCUT2D eigenvalue weighted by Gasteiger charge is -2.29. The second-order valence-corrected chi connectivity index (χ2v) is 8.38. The molecular formula is C25H32N2O6. The molecule has 1 heterocycles. The van der Waals surface area contributed by atoms with E-state index in [2.05, 4.69) is 10.2 Å². The van der Waals surface area contributed by atoms with E-state index < -0.39 is 12.1 Å². The van der Waals surface area contributed by atoms with Crippen LogP contribution in [-0.2, 0) is 4.79 Å². The first kappa shape index (κ1) is 24.5. The van der Waals surface area contributed by atoms with Crippen molar-refractivity contribution in [2.45, 2.75) is 44.2 Å². The van der Waals surface area contributed by atoms with Gasteiger partial charge in [-0.15, -0.1) is 0 Å². The molecule has 0 spiro atoms. The van der Waals surface area contributed by atoms with Crippen LogP contribution in [0.4, 0.5) is 0 Å².